The van der Waals surface area contributed by atoms with Gasteiger partial charge in [0.1, 0.15) is 42.7 Å². The van der Waals surface area contributed by atoms with Crippen LogP contribution in [-0.4, -0.2) is 103 Å². The van der Waals surface area contributed by atoms with Crippen molar-refractivity contribution in [1.29, 1.82) is 0 Å². The summed E-state index contributed by atoms with van der Waals surface area (Å²) in [6.45, 7) is -1.26. The fraction of sp³-hybridized carbons (Fsp3) is 0.846. The first kappa shape index (κ1) is 17.7. The van der Waals surface area contributed by atoms with Crippen LogP contribution >= 0.6 is 0 Å². The first-order valence-electron chi connectivity index (χ1n) is 7.00. The van der Waals surface area contributed by atoms with E-state index in [1.165, 1.54) is 0 Å². The van der Waals surface area contributed by atoms with Crippen LogP contribution in [0.15, 0.2) is 11.1 Å². The van der Waals surface area contributed by atoms with Crippen molar-refractivity contribution < 1.29 is 45.6 Å². The van der Waals surface area contributed by atoms with Crippen LogP contribution in [0.25, 0.3) is 0 Å². The second kappa shape index (κ2) is 6.87. The highest BCUT2D eigenvalue weighted by molar-refractivity contribution is 5.30. The zero-order valence-electron chi connectivity index (χ0n) is 11.7. The molecule has 128 valence electrons. The van der Waals surface area contributed by atoms with E-state index in [2.05, 4.69) is 0 Å². The number of ether oxygens (including phenoxy) is 1. The largest absolute Gasteiger partial charge is 0.394 e. The highest BCUT2D eigenvalue weighted by atomic mass is 16.5. The van der Waals surface area contributed by atoms with E-state index in [1.54, 1.807) is 0 Å². The third kappa shape index (κ3) is 2.92. The summed E-state index contributed by atoms with van der Waals surface area (Å²) in [5.74, 6) is 0. The van der Waals surface area contributed by atoms with Gasteiger partial charge in [-0.25, -0.2) is 0 Å². The Morgan fingerprint density at radius 3 is 2.05 bits per heavy atom. The lowest BCUT2D eigenvalue weighted by Crippen LogP contribution is -2.60. The van der Waals surface area contributed by atoms with E-state index in [4.69, 9.17) is 9.84 Å². The molecule has 2 aliphatic rings. The van der Waals surface area contributed by atoms with Gasteiger partial charge in [0.2, 0.25) is 0 Å². The molecule has 0 aromatic heterocycles. The van der Waals surface area contributed by atoms with Crippen molar-refractivity contribution in [2.24, 2.45) is 0 Å². The minimum absolute atomic E-state index is 0.0258. The number of hydrogen-bond donors (Lipinski definition) is 8. The standard InChI is InChI=1S/C13H22O9/c14-2-5-4(1-6(16)9(18)8(5)17)13-12(21)11(20)10(19)7(3-15)22-13/h6-21H,1-3H2/t6?,7-,8?,9?,10-,11+,12-,13-/m1/s1. The predicted molar refractivity (Wildman–Crippen MR) is 70.5 cm³/mol. The molecule has 0 bridgehead atoms. The van der Waals surface area contributed by atoms with Crippen LogP contribution in [0, 0.1) is 0 Å². The molecule has 1 fully saturated rings. The molecule has 9 nitrogen and oxygen atoms in total. The minimum atomic E-state index is -1.61. The zero-order chi connectivity index (χ0) is 16.6. The predicted octanol–water partition coefficient (Wildman–Crippen LogP) is -4.40. The maximum atomic E-state index is 10.1. The van der Waals surface area contributed by atoms with Gasteiger partial charge >= 0.3 is 0 Å². The summed E-state index contributed by atoms with van der Waals surface area (Å²) in [6, 6.07) is 0. The number of aliphatic hydroxyl groups excluding tert-OH is 8. The molecule has 0 spiro atoms. The van der Waals surface area contributed by atoms with Crippen molar-refractivity contribution in [2.75, 3.05) is 13.2 Å². The highest BCUT2D eigenvalue weighted by Crippen LogP contribution is 2.34. The van der Waals surface area contributed by atoms with Gasteiger partial charge in [-0.2, -0.15) is 0 Å². The molecule has 1 aliphatic carbocycles. The van der Waals surface area contributed by atoms with Crippen LogP contribution in [0.3, 0.4) is 0 Å². The van der Waals surface area contributed by atoms with E-state index in [0.29, 0.717) is 0 Å². The van der Waals surface area contributed by atoms with Crippen LogP contribution in [0.4, 0.5) is 0 Å². The normalized spacial score (nSPS) is 46.9. The third-order valence-electron chi connectivity index (χ3n) is 4.32. The molecule has 0 saturated carbocycles. The van der Waals surface area contributed by atoms with Gasteiger partial charge in [-0.3, -0.25) is 0 Å². The van der Waals surface area contributed by atoms with Gasteiger partial charge < -0.3 is 45.6 Å². The lowest BCUT2D eigenvalue weighted by Gasteiger charge is -2.44. The SMILES string of the molecule is OCC1=C([C@H]2O[C@H](CO)[C@@H](O)[C@H](O)[C@H]2O)CC(O)C(O)C1O. The number of hydrogen-bond acceptors (Lipinski definition) is 9. The maximum Gasteiger partial charge on any atom is 0.112 e. The maximum absolute atomic E-state index is 10.1. The summed E-state index contributed by atoms with van der Waals surface area (Å²) in [5, 5.41) is 77.5. The molecule has 0 aromatic carbocycles. The van der Waals surface area contributed by atoms with Gasteiger partial charge in [0.15, 0.2) is 0 Å². The van der Waals surface area contributed by atoms with E-state index < -0.39 is 62.0 Å². The molecule has 9 heteroatoms. The quantitative estimate of drug-likeness (QED) is 0.239. The highest BCUT2D eigenvalue weighted by Gasteiger charge is 2.47. The summed E-state index contributed by atoms with van der Waals surface area (Å²) < 4.78 is 5.35. The lowest BCUT2D eigenvalue weighted by atomic mass is 9.79. The van der Waals surface area contributed by atoms with Crippen molar-refractivity contribution in [2.45, 2.75) is 55.3 Å². The molecule has 1 aliphatic heterocycles. The fourth-order valence-electron chi connectivity index (χ4n) is 2.97. The Hall–Kier alpha value is -0.620. The molecule has 22 heavy (non-hydrogen) atoms. The topological polar surface area (TPSA) is 171 Å². The van der Waals surface area contributed by atoms with Gasteiger partial charge in [0.25, 0.3) is 0 Å². The minimum Gasteiger partial charge on any atom is -0.394 e. The van der Waals surface area contributed by atoms with Gasteiger partial charge in [0, 0.05) is 0 Å². The molecule has 2 rings (SSSR count). The summed E-state index contributed by atoms with van der Waals surface area (Å²) in [4.78, 5) is 0. The van der Waals surface area contributed by atoms with Crippen LogP contribution in [0.1, 0.15) is 6.42 Å². The first-order chi connectivity index (χ1) is 10.3. The molecule has 8 atom stereocenters. The Labute approximate surface area is 126 Å². The average Bonchev–Trinajstić information content (AvgIpc) is 2.50. The summed E-state index contributed by atoms with van der Waals surface area (Å²) in [5.41, 5.74) is 0.104. The van der Waals surface area contributed by atoms with E-state index in [1.807, 2.05) is 0 Å². The smallest absolute Gasteiger partial charge is 0.112 e. The molecule has 0 aromatic rings. The van der Waals surface area contributed by atoms with Crippen LogP contribution < -0.4 is 0 Å². The van der Waals surface area contributed by atoms with Crippen molar-refractivity contribution in [3.63, 3.8) is 0 Å². The zero-order valence-corrected chi connectivity index (χ0v) is 11.7. The Morgan fingerprint density at radius 1 is 0.864 bits per heavy atom. The second-order valence-electron chi connectivity index (χ2n) is 5.66. The van der Waals surface area contributed by atoms with Crippen molar-refractivity contribution in [3.05, 3.63) is 11.1 Å². The Balaban J connectivity index is 2.36. The monoisotopic (exact) mass is 322 g/mol. The fourth-order valence-corrected chi connectivity index (χ4v) is 2.97. The van der Waals surface area contributed by atoms with Crippen molar-refractivity contribution in [1.82, 2.24) is 0 Å². The Bertz CT molecular complexity index is 424. The lowest BCUT2D eigenvalue weighted by molar-refractivity contribution is -0.221. The van der Waals surface area contributed by atoms with E-state index in [9.17, 15) is 35.7 Å². The van der Waals surface area contributed by atoms with E-state index in [0.717, 1.165) is 0 Å². The molecule has 0 amide bonds. The molecular formula is C13H22O9. The van der Waals surface area contributed by atoms with Crippen LogP contribution in [-0.2, 0) is 4.74 Å². The van der Waals surface area contributed by atoms with Crippen LogP contribution in [0.5, 0.6) is 0 Å². The molecule has 1 saturated heterocycles. The second-order valence-corrected chi connectivity index (χ2v) is 5.66. The average molecular weight is 322 g/mol. The summed E-state index contributed by atoms with van der Waals surface area (Å²) >= 11 is 0. The molecule has 0 radical (unpaired) electrons. The molecular weight excluding hydrogens is 300 g/mol. The van der Waals surface area contributed by atoms with E-state index in [-0.39, 0.29) is 17.6 Å². The molecule has 3 unspecified atom stereocenters. The van der Waals surface area contributed by atoms with Gasteiger partial charge in [-0.15, -0.1) is 0 Å². The summed E-state index contributed by atoms with van der Waals surface area (Å²) in [6.07, 6.45) is -11.7. The van der Waals surface area contributed by atoms with Crippen molar-refractivity contribution in [3.8, 4) is 0 Å². The Kier molecular flexibility index (Phi) is 5.54. The van der Waals surface area contributed by atoms with Gasteiger partial charge in [0.05, 0.1) is 19.3 Å². The molecule has 1 heterocycles. The van der Waals surface area contributed by atoms with Crippen LogP contribution in [0.2, 0.25) is 0 Å². The van der Waals surface area contributed by atoms with Gasteiger partial charge in [-0.1, -0.05) is 0 Å². The van der Waals surface area contributed by atoms with Crippen molar-refractivity contribution >= 4 is 0 Å². The number of aliphatic hydroxyl groups is 8. The summed E-state index contributed by atoms with van der Waals surface area (Å²) in [7, 11) is 0. The number of rotatable bonds is 3. The van der Waals surface area contributed by atoms with Gasteiger partial charge in [-0.05, 0) is 17.6 Å². The Morgan fingerprint density at radius 2 is 1.50 bits per heavy atom. The third-order valence-corrected chi connectivity index (χ3v) is 4.32. The first-order valence-corrected chi connectivity index (χ1v) is 7.00. The molecule has 8 N–H and O–H groups in total. The van der Waals surface area contributed by atoms with E-state index >= 15 is 0 Å².